The van der Waals surface area contributed by atoms with Gasteiger partial charge in [-0.3, -0.25) is 9.36 Å². The summed E-state index contributed by atoms with van der Waals surface area (Å²) in [5, 5.41) is 12.3. The Labute approximate surface area is 125 Å². The van der Waals surface area contributed by atoms with Crippen LogP contribution in [0.25, 0.3) is 0 Å². The van der Waals surface area contributed by atoms with Crippen LogP contribution in [-0.2, 0) is 13.6 Å². The molecule has 6 heteroatoms. The van der Waals surface area contributed by atoms with E-state index in [1.54, 1.807) is 11.8 Å². The summed E-state index contributed by atoms with van der Waals surface area (Å²) in [7, 11) is 3.52. The lowest BCUT2D eigenvalue weighted by atomic mass is 10.2. The Hall–Kier alpha value is -1.98. The van der Waals surface area contributed by atoms with Crippen LogP contribution in [-0.4, -0.2) is 26.7 Å². The van der Waals surface area contributed by atoms with Gasteiger partial charge in [0.2, 0.25) is 0 Å². The molecule has 1 aliphatic rings. The molecule has 6 nitrogen and oxygen atoms in total. The number of nitrogens with one attached hydrogen (secondary N) is 1. The number of hydrogen-bond donors (Lipinski definition) is 1. The van der Waals surface area contributed by atoms with Crippen LogP contribution in [0, 0.1) is 6.92 Å². The highest BCUT2D eigenvalue weighted by Crippen LogP contribution is 2.29. The third-order valence-corrected chi connectivity index (χ3v) is 4.17. The van der Waals surface area contributed by atoms with Crippen molar-refractivity contribution in [3.8, 4) is 5.88 Å². The maximum absolute atomic E-state index is 5.26. The van der Waals surface area contributed by atoms with Crippen LogP contribution in [0.3, 0.4) is 0 Å². The van der Waals surface area contributed by atoms with Gasteiger partial charge in [0.1, 0.15) is 5.69 Å². The lowest BCUT2D eigenvalue weighted by molar-refractivity contribution is 0.393. The Bertz CT molecular complexity index is 610. The van der Waals surface area contributed by atoms with Crippen LogP contribution in [0.5, 0.6) is 5.88 Å². The van der Waals surface area contributed by atoms with Gasteiger partial charge >= 0.3 is 0 Å². The number of nitrogens with zero attached hydrogens (tertiary/aromatic N) is 4. The summed E-state index contributed by atoms with van der Waals surface area (Å²) in [5.74, 6) is 0.623. The largest absolute Gasteiger partial charge is 0.478 e. The number of hydrogen-bond acceptors (Lipinski definition) is 4. The maximum atomic E-state index is 5.26. The van der Waals surface area contributed by atoms with E-state index in [1.807, 2.05) is 13.2 Å². The number of methoxy groups -OCH3 is 1. The van der Waals surface area contributed by atoms with Gasteiger partial charge in [0.15, 0.2) is 0 Å². The second kappa shape index (κ2) is 5.79. The summed E-state index contributed by atoms with van der Waals surface area (Å²) in [4.78, 5) is 0. The maximum Gasteiger partial charge on any atom is 0.256 e. The van der Waals surface area contributed by atoms with Crippen molar-refractivity contribution in [2.45, 2.75) is 45.2 Å². The van der Waals surface area contributed by atoms with Crippen molar-refractivity contribution in [1.82, 2.24) is 19.6 Å². The van der Waals surface area contributed by atoms with Gasteiger partial charge in [-0.15, -0.1) is 5.10 Å². The Morgan fingerprint density at radius 2 is 2.05 bits per heavy atom. The molecule has 1 aliphatic carbocycles. The molecule has 3 rings (SSSR count). The molecule has 1 fully saturated rings. The zero-order valence-electron chi connectivity index (χ0n) is 13.0. The summed E-state index contributed by atoms with van der Waals surface area (Å²) in [6.07, 6.45) is 9.26. The van der Waals surface area contributed by atoms with E-state index in [2.05, 4.69) is 33.3 Å². The van der Waals surface area contributed by atoms with Gasteiger partial charge in [-0.05, 0) is 19.8 Å². The van der Waals surface area contributed by atoms with Crippen molar-refractivity contribution in [2.75, 3.05) is 12.4 Å². The Kier molecular flexibility index (Phi) is 3.86. The molecule has 0 aromatic carbocycles. The quantitative estimate of drug-likeness (QED) is 0.919. The highest BCUT2D eigenvalue weighted by molar-refractivity contribution is 5.51. The number of aromatic nitrogens is 4. The third kappa shape index (κ3) is 2.89. The minimum absolute atomic E-state index is 0.588. The molecule has 1 N–H and O–H groups in total. The molecule has 0 atom stereocenters. The molecule has 114 valence electrons. The Balaban J connectivity index is 1.70. The van der Waals surface area contributed by atoms with Crippen molar-refractivity contribution < 1.29 is 4.74 Å². The molecular formula is C15H23N5O. The number of rotatable bonds is 5. The zero-order chi connectivity index (χ0) is 14.8. The highest BCUT2D eigenvalue weighted by atomic mass is 16.5. The second-order valence-electron chi connectivity index (χ2n) is 5.74. The fraction of sp³-hybridized carbons (Fsp3) is 0.600. The molecule has 0 saturated heterocycles. The standard InChI is InChI=1S/C15H23N5O/c1-11-12(9-20(17-11)13-6-4-5-7-13)8-16-14-10-19(2)18-15(14)21-3/h9-10,13,16H,4-8H2,1-3H3. The van der Waals surface area contributed by atoms with Crippen LogP contribution in [0.15, 0.2) is 12.4 Å². The van der Waals surface area contributed by atoms with Crippen molar-refractivity contribution >= 4 is 5.69 Å². The van der Waals surface area contributed by atoms with Crippen molar-refractivity contribution in [1.29, 1.82) is 0 Å². The molecule has 1 saturated carbocycles. The van der Waals surface area contributed by atoms with E-state index in [-0.39, 0.29) is 0 Å². The Morgan fingerprint density at radius 3 is 2.76 bits per heavy atom. The van der Waals surface area contributed by atoms with E-state index in [4.69, 9.17) is 4.74 Å². The minimum Gasteiger partial charge on any atom is -0.478 e. The topological polar surface area (TPSA) is 56.9 Å². The summed E-state index contributed by atoms with van der Waals surface area (Å²) >= 11 is 0. The smallest absolute Gasteiger partial charge is 0.256 e. The molecule has 2 heterocycles. The van der Waals surface area contributed by atoms with E-state index in [0.717, 1.165) is 17.9 Å². The van der Waals surface area contributed by atoms with E-state index in [9.17, 15) is 0 Å². The molecule has 0 spiro atoms. The molecule has 0 aliphatic heterocycles. The van der Waals surface area contributed by atoms with Crippen LogP contribution in [0.1, 0.15) is 43.0 Å². The normalized spacial score (nSPS) is 15.6. The first-order chi connectivity index (χ1) is 10.2. The first-order valence-electron chi connectivity index (χ1n) is 7.53. The van der Waals surface area contributed by atoms with Gasteiger partial charge < -0.3 is 10.1 Å². The van der Waals surface area contributed by atoms with Crippen molar-refractivity contribution in [3.63, 3.8) is 0 Å². The zero-order valence-corrected chi connectivity index (χ0v) is 13.0. The summed E-state index contributed by atoms with van der Waals surface area (Å²) in [5.41, 5.74) is 3.23. The number of ether oxygens (including phenoxy) is 1. The molecule has 21 heavy (non-hydrogen) atoms. The fourth-order valence-electron chi connectivity index (χ4n) is 2.98. The van der Waals surface area contributed by atoms with Gasteiger partial charge in [0.25, 0.3) is 5.88 Å². The minimum atomic E-state index is 0.588. The first-order valence-corrected chi connectivity index (χ1v) is 7.53. The van der Waals surface area contributed by atoms with Crippen LogP contribution in [0.2, 0.25) is 0 Å². The third-order valence-electron chi connectivity index (χ3n) is 4.17. The monoisotopic (exact) mass is 289 g/mol. The molecule has 2 aromatic rings. The predicted molar refractivity (Wildman–Crippen MR) is 81.6 cm³/mol. The molecule has 0 amide bonds. The molecule has 0 radical (unpaired) electrons. The lowest BCUT2D eigenvalue weighted by Gasteiger charge is -2.08. The van der Waals surface area contributed by atoms with Crippen LogP contribution >= 0.6 is 0 Å². The number of aryl methyl sites for hydroxylation is 2. The fourth-order valence-corrected chi connectivity index (χ4v) is 2.98. The van der Waals surface area contributed by atoms with E-state index in [0.29, 0.717) is 11.9 Å². The van der Waals surface area contributed by atoms with Crippen LogP contribution in [0.4, 0.5) is 5.69 Å². The molecule has 0 unspecified atom stereocenters. The predicted octanol–water partition coefficient (Wildman–Crippen LogP) is 2.66. The summed E-state index contributed by atoms with van der Waals surface area (Å²) in [6, 6.07) is 0.588. The van der Waals surface area contributed by atoms with Crippen molar-refractivity contribution in [2.24, 2.45) is 7.05 Å². The molecular weight excluding hydrogens is 266 g/mol. The average molecular weight is 289 g/mol. The second-order valence-corrected chi connectivity index (χ2v) is 5.74. The van der Waals surface area contributed by atoms with Gasteiger partial charge in [-0.1, -0.05) is 12.8 Å². The van der Waals surface area contributed by atoms with E-state index in [1.165, 1.54) is 31.2 Å². The first kappa shape index (κ1) is 14.0. The van der Waals surface area contributed by atoms with E-state index >= 15 is 0 Å². The summed E-state index contributed by atoms with van der Waals surface area (Å²) < 4.78 is 9.15. The average Bonchev–Trinajstić information content (AvgIpc) is 3.16. The van der Waals surface area contributed by atoms with Gasteiger partial charge in [0.05, 0.1) is 25.0 Å². The van der Waals surface area contributed by atoms with Gasteiger partial charge in [0, 0.05) is 25.4 Å². The van der Waals surface area contributed by atoms with Crippen LogP contribution < -0.4 is 10.1 Å². The molecule has 0 bridgehead atoms. The SMILES string of the molecule is COc1nn(C)cc1NCc1cn(C2CCCC2)nc1C. The molecule has 2 aromatic heterocycles. The highest BCUT2D eigenvalue weighted by Gasteiger charge is 2.19. The van der Waals surface area contributed by atoms with E-state index < -0.39 is 0 Å². The number of anilines is 1. The van der Waals surface area contributed by atoms with Gasteiger partial charge in [-0.25, -0.2) is 0 Å². The lowest BCUT2D eigenvalue weighted by Crippen LogP contribution is -2.05. The van der Waals surface area contributed by atoms with Gasteiger partial charge in [-0.2, -0.15) is 5.10 Å². The van der Waals surface area contributed by atoms with Crippen molar-refractivity contribution in [3.05, 3.63) is 23.7 Å². The Morgan fingerprint density at radius 1 is 1.29 bits per heavy atom. The summed E-state index contributed by atoms with van der Waals surface area (Å²) in [6.45, 7) is 2.81.